The number of amides is 2. The summed E-state index contributed by atoms with van der Waals surface area (Å²) in [5.74, 6) is -1.21. The Morgan fingerprint density at radius 2 is 1.84 bits per heavy atom. The molecule has 0 saturated heterocycles. The lowest BCUT2D eigenvalue weighted by molar-refractivity contribution is -0.136. The molecule has 0 aliphatic rings. The molecule has 1 aromatic heterocycles. The average Bonchev–Trinajstić information content (AvgIpc) is 2.60. The zero-order valence-corrected chi connectivity index (χ0v) is 14.9. The molecule has 2 aromatic rings. The Labute approximate surface area is 147 Å². The number of aromatic nitrogens is 1. The van der Waals surface area contributed by atoms with E-state index in [0.29, 0.717) is 12.2 Å². The molecular weight excluding hydrogens is 318 g/mol. The van der Waals surface area contributed by atoms with E-state index in [4.69, 9.17) is 4.74 Å². The summed E-state index contributed by atoms with van der Waals surface area (Å²) in [5, 5.41) is 5.20. The van der Waals surface area contributed by atoms with E-state index in [9.17, 15) is 9.59 Å². The molecule has 1 aromatic carbocycles. The van der Waals surface area contributed by atoms with Crippen LogP contribution in [-0.4, -0.2) is 30.5 Å². The predicted octanol–water partition coefficient (Wildman–Crippen LogP) is 2.43. The highest BCUT2D eigenvalue weighted by molar-refractivity contribution is 6.39. The Morgan fingerprint density at radius 1 is 1.12 bits per heavy atom. The number of nitrogens with zero attached hydrogens (tertiary/aromatic N) is 1. The van der Waals surface area contributed by atoms with Gasteiger partial charge in [0.15, 0.2) is 0 Å². The number of methoxy groups -OCH3 is 1. The van der Waals surface area contributed by atoms with Gasteiger partial charge in [0, 0.05) is 18.2 Å². The van der Waals surface area contributed by atoms with Crippen molar-refractivity contribution in [1.29, 1.82) is 0 Å². The normalized spacial score (nSPS) is 10.9. The van der Waals surface area contributed by atoms with E-state index in [0.717, 1.165) is 11.1 Å². The topological polar surface area (TPSA) is 80.3 Å². The van der Waals surface area contributed by atoms with Gasteiger partial charge in [-0.05, 0) is 30.2 Å². The number of benzene rings is 1. The van der Waals surface area contributed by atoms with Gasteiger partial charge >= 0.3 is 11.8 Å². The van der Waals surface area contributed by atoms with Crippen LogP contribution in [0, 0.1) is 6.92 Å². The number of pyridine rings is 1. The molecule has 0 unspecified atom stereocenters. The van der Waals surface area contributed by atoms with Gasteiger partial charge in [0.2, 0.25) is 5.88 Å². The van der Waals surface area contributed by atoms with Crippen LogP contribution in [0.1, 0.15) is 25.0 Å². The first-order valence-electron chi connectivity index (χ1n) is 7.99. The summed E-state index contributed by atoms with van der Waals surface area (Å²) < 4.78 is 5.05. The first kappa shape index (κ1) is 18.4. The second kappa shape index (κ2) is 7.79. The fourth-order valence-electron chi connectivity index (χ4n) is 2.64. The van der Waals surface area contributed by atoms with Crippen LogP contribution in [0.3, 0.4) is 0 Å². The maximum absolute atomic E-state index is 12.1. The van der Waals surface area contributed by atoms with Crippen molar-refractivity contribution in [2.24, 2.45) is 0 Å². The van der Waals surface area contributed by atoms with Crippen molar-refractivity contribution in [3.05, 3.63) is 53.7 Å². The lowest BCUT2D eigenvalue weighted by Gasteiger charge is -2.27. The monoisotopic (exact) mass is 341 g/mol. The quantitative estimate of drug-likeness (QED) is 0.819. The minimum absolute atomic E-state index is 0.254. The van der Waals surface area contributed by atoms with E-state index < -0.39 is 11.8 Å². The SMILES string of the molecule is COc1ncccc1NC(=O)C(=O)NCC(C)(C)c1ccccc1C. The average molecular weight is 341 g/mol. The molecule has 0 spiro atoms. The summed E-state index contributed by atoms with van der Waals surface area (Å²) in [5.41, 5.74) is 2.33. The first-order chi connectivity index (χ1) is 11.8. The van der Waals surface area contributed by atoms with Gasteiger partial charge in [-0.2, -0.15) is 0 Å². The molecule has 6 heteroatoms. The summed E-state index contributed by atoms with van der Waals surface area (Å²) in [7, 11) is 1.45. The van der Waals surface area contributed by atoms with Crippen molar-refractivity contribution < 1.29 is 14.3 Å². The largest absolute Gasteiger partial charge is 0.480 e. The number of ether oxygens (including phenoxy) is 1. The van der Waals surface area contributed by atoms with Gasteiger partial charge in [-0.25, -0.2) is 4.98 Å². The molecule has 0 atom stereocenters. The van der Waals surface area contributed by atoms with Gasteiger partial charge in [0.05, 0.1) is 7.11 Å². The van der Waals surface area contributed by atoms with E-state index >= 15 is 0 Å². The van der Waals surface area contributed by atoms with Crippen LogP contribution < -0.4 is 15.4 Å². The van der Waals surface area contributed by atoms with Crippen LogP contribution in [0.5, 0.6) is 5.88 Å². The van der Waals surface area contributed by atoms with Crippen molar-refractivity contribution in [2.45, 2.75) is 26.2 Å². The fraction of sp³-hybridized carbons (Fsp3) is 0.316. The number of aryl methyl sites for hydroxylation is 1. The van der Waals surface area contributed by atoms with Gasteiger partial charge in [-0.3, -0.25) is 9.59 Å². The maximum Gasteiger partial charge on any atom is 0.313 e. The Kier molecular flexibility index (Phi) is 5.75. The third-order valence-corrected chi connectivity index (χ3v) is 3.98. The van der Waals surface area contributed by atoms with Crippen LogP contribution >= 0.6 is 0 Å². The van der Waals surface area contributed by atoms with Crippen molar-refractivity contribution in [2.75, 3.05) is 19.0 Å². The summed E-state index contributed by atoms with van der Waals surface area (Å²) in [6.45, 7) is 6.42. The van der Waals surface area contributed by atoms with Gasteiger partial charge < -0.3 is 15.4 Å². The smallest absolute Gasteiger partial charge is 0.313 e. The maximum atomic E-state index is 12.1. The molecule has 0 fully saturated rings. The molecule has 2 rings (SSSR count). The van der Waals surface area contributed by atoms with Crippen molar-refractivity contribution in [3.63, 3.8) is 0 Å². The summed E-state index contributed by atoms with van der Waals surface area (Å²) in [6, 6.07) is 11.3. The third kappa shape index (κ3) is 4.56. The minimum Gasteiger partial charge on any atom is -0.480 e. The van der Waals surface area contributed by atoms with E-state index in [-0.39, 0.29) is 11.3 Å². The fourth-order valence-corrected chi connectivity index (χ4v) is 2.64. The molecule has 25 heavy (non-hydrogen) atoms. The van der Waals surface area contributed by atoms with E-state index in [2.05, 4.69) is 15.6 Å². The van der Waals surface area contributed by atoms with Crippen molar-refractivity contribution in [1.82, 2.24) is 10.3 Å². The molecule has 0 aliphatic heterocycles. The van der Waals surface area contributed by atoms with Crippen LogP contribution in [0.2, 0.25) is 0 Å². The second-order valence-electron chi connectivity index (χ2n) is 6.40. The predicted molar refractivity (Wildman–Crippen MR) is 96.6 cm³/mol. The van der Waals surface area contributed by atoms with Crippen LogP contribution in [0.15, 0.2) is 42.6 Å². The van der Waals surface area contributed by atoms with Crippen LogP contribution in [-0.2, 0) is 15.0 Å². The molecule has 0 saturated carbocycles. The van der Waals surface area contributed by atoms with E-state index in [1.54, 1.807) is 18.3 Å². The third-order valence-electron chi connectivity index (χ3n) is 3.98. The zero-order valence-electron chi connectivity index (χ0n) is 14.9. The summed E-state index contributed by atoms with van der Waals surface area (Å²) >= 11 is 0. The molecule has 0 radical (unpaired) electrons. The highest BCUT2D eigenvalue weighted by atomic mass is 16.5. The zero-order chi connectivity index (χ0) is 18.4. The molecular formula is C19H23N3O3. The molecule has 1 heterocycles. The Balaban J connectivity index is 2.00. The van der Waals surface area contributed by atoms with Crippen LogP contribution in [0.4, 0.5) is 5.69 Å². The van der Waals surface area contributed by atoms with Crippen molar-refractivity contribution in [3.8, 4) is 5.88 Å². The number of carbonyl (C=O) groups excluding carboxylic acids is 2. The highest BCUT2D eigenvalue weighted by Gasteiger charge is 2.25. The number of rotatable bonds is 5. The molecule has 2 N–H and O–H groups in total. The van der Waals surface area contributed by atoms with E-state index in [1.807, 2.05) is 45.0 Å². The molecule has 0 aliphatic carbocycles. The molecule has 0 bridgehead atoms. The molecule has 132 valence electrons. The second-order valence-corrected chi connectivity index (χ2v) is 6.40. The standard InChI is InChI=1S/C19H23N3O3/c1-13-8-5-6-9-14(13)19(2,3)12-21-16(23)17(24)22-15-10-7-11-20-18(15)25-4/h5-11H,12H2,1-4H3,(H,21,23)(H,22,24). The minimum atomic E-state index is -0.758. The Bertz CT molecular complexity index is 772. The number of hydrogen-bond donors (Lipinski definition) is 2. The van der Waals surface area contributed by atoms with Crippen LogP contribution in [0.25, 0.3) is 0 Å². The number of hydrogen-bond acceptors (Lipinski definition) is 4. The Morgan fingerprint density at radius 3 is 2.52 bits per heavy atom. The highest BCUT2D eigenvalue weighted by Crippen LogP contribution is 2.25. The summed E-state index contributed by atoms with van der Waals surface area (Å²) in [6.07, 6.45) is 1.54. The van der Waals surface area contributed by atoms with Crippen molar-refractivity contribution >= 4 is 17.5 Å². The number of nitrogens with one attached hydrogen (secondary N) is 2. The number of anilines is 1. The molecule has 6 nitrogen and oxygen atoms in total. The lowest BCUT2D eigenvalue weighted by Crippen LogP contribution is -2.42. The van der Waals surface area contributed by atoms with Gasteiger partial charge in [-0.1, -0.05) is 38.1 Å². The van der Waals surface area contributed by atoms with Gasteiger partial charge in [-0.15, -0.1) is 0 Å². The molecule has 2 amide bonds. The lowest BCUT2D eigenvalue weighted by atomic mass is 9.82. The van der Waals surface area contributed by atoms with E-state index in [1.165, 1.54) is 7.11 Å². The summed E-state index contributed by atoms with van der Waals surface area (Å²) in [4.78, 5) is 28.2. The first-order valence-corrected chi connectivity index (χ1v) is 7.99. The number of carbonyl (C=O) groups is 2. The van der Waals surface area contributed by atoms with Gasteiger partial charge in [0.25, 0.3) is 0 Å². The van der Waals surface area contributed by atoms with Gasteiger partial charge in [0.1, 0.15) is 5.69 Å². The Hall–Kier alpha value is -2.89.